The molecule has 0 bridgehead atoms. The zero-order valence-electron chi connectivity index (χ0n) is 12.6. The van der Waals surface area contributed by atoms with Crippen LogP contribution in [0.5, 0.6) is 0 Å². The molecule has 5 heteroatoms. The Balaban J connectivity index is 1.91. The lowest BCUT2D eigenvalue weighted by atomic mass is 9.74. The summed E-state index contributed by atoms with van der Waals surface area (Å²) in [5.74, 6) is -1.04. The van der Waals surface area contributed by atoms with E-state index in [4.69, 9.17) is 5.11 Å². The maximum absolute atomic E-state index is 12.7. The summed E-state index contributed by atoms with van der Waals surface area (Å²) in [6.45, 7) is 2.82. The van der Waals surface area contributed by atoms with E-state index in [2.05, 4.69) is 5.32 Å². The van der Waals surface area contributed by atoms with Crippen molar-refractivity contribution in [3.05, 3.63) is 36.0 Å². The van der Waals surface area contributed by atoms with Crippen LogP contribution in [0.3, 0.4) is 0 Å². The highest BCUT2D eigenvalue weighted by Crippen LogP contribution is 2.35. The van der Waals surface area contributed by atoms with Crippen LogP contribution in [0.1, 0.15) is 43.0 Å². The minimum absolute atomic E-state index is 0.00877. The first-order valence-electron chi connectivity index (χ1n) is 7.67. The van der Waals surface area contributed by atoms with Gasteiger partial charge in [0.15, 0.2) is 0 Å². The van der Waals surface area contributed by atoms with Gasteiger partial charge in [0, 0.05) is 23.6 Å². The van der Waals surface area contributed by atoms with Gasteiger partial charge in [-0.3, -0.25) is 9.59 Å². The number of nitrogens with zero attached hydrogens (tertiary/aromatic N) is 1. The van der Waals surface area contributed by atoms with Gasteiger partial charge in [-0.1, -0.05) is 18.2 Å². The summed E-state index contributed by atoms with van der Waals surface area (Å²) >= 11 is 0. The van der Waals surface area contributed by atoms with Crippen molar-refractivity contribution in [2.75, 3.05) is 0 Å². The van der Waals surface area contributed by atoms with E-state index in [9.17, 15) is 9.59 Å². The fraction of sp³-hybridized carbons (Fsp3) is 0.412. The van der Waals surface area contributed by atoms with Crippen LogP contribution in [-0.2, 0) is 11.3 Å². The summed E-state index contributed by atoms with van der Waals surface area (Å²) in [4.78, 5) is 23.7. The number of nitrogens with one attached hydrogen (secondary N) is 1. The normalized spacial score (nSPS) is 16.2. The molecule has 1 amide bonds. The van der Waals surface area contributed by atoms with E-state index in [1.165, 1.54) is 0 Å². The van der Waals surface area contributed by atoms with Crippen LogP contribution in [0.15, 0.2) is 30.5 Å². The number of carboxylic acids is 1. The fourth-order valence-corrected chi connectivity index (χ4v) is 3.24. The van der Waals surface area contributed by atoms with Crippen LogP contribution in [0.25, 0.3) is 10.9 Å². The second-order valence-corrected chi connectivity index (χ2v) is 6.00. The third-order valence-corrected chi connectivity index (χ3v) is 4.55. The monoisotopic (exact) mass is 300 g/mol. The van der Waals surface area contributed by atoms with Gasteiger partial charge in [-0.05, 0) is 32.3 Å². The van der Waals surface area contributed by atoms with Crippen molar-refractivity contribution >= 4 is 22.8 Å². The topological polar surface area (TPSA) is 71.3 Å². The van der Waals surface area contributed by atoms with Crippen LogP contribution in [0.2, 0.25) is 0 Å². The van der Waals surface area contributed by atoms with Crippen LogP contribution in [0.4, 0.5) is 0 Å². The van der Waals surface area contributed by atoms with E-state index in [1.807, 2.05) is 42.0 Å². The van der Waals surface area contributed by atoms with E-state index in [-0.39, 0.29) is 12.3 Å². The first kappa shape index (κ1) is 14.6. The Labute approximate surface area is 128 Å². The summed E-state index contributed by atoms with van der Waals surface area (Å²) in [6.07, 6.45) is 4.28. The maximum atomic E-state index is 12.7. The molecule has 0 saturated heterocycles. The number of aryl methyl sites for hydroxylation is 1. The van der Waals surface area contributed by atoms with Crippen molar-refractivity contribution in [2.24, 2.45) is 0 Å². The number of fused-ring (bicyclic) bond motifs is 1. The average molecular weight is 300 g/mol. The van der Waals surface area contributed by atoms with Gasteiger partial charge in [0.2, 0.25) is 0 Å². The Kier molecular flexibility index (Phi) is 3.64. The average Bonchev–Trinajstić information content (AvgIpc) is 2.83. The Morgan fingerprint density at radius 1 is 1.32 bits per heavy atom. The van der Waals surface area contributed by atoms with Crippen molar-refractivity contribution in [2.45, 2.75) is 44.7 Å². The van der Waals surface area contributed by atoms with Crippen molar-refractivity contribution in [1.82, 2.24) is 9.88 Å². The molecular formula is C17H20N2O3. The SMILES string of the molecule is CCn1cc(C(=O)NC2(CC(=O)O)CCC2)c2ccccc21. The van der Waals surface area contributed by atoms with Crippen molar-refractivity contribution in [3.63, 3.8) is 0 Å². The molecular weight excluding hydrogens is 280 g/mol. The number of carboxylic acid groups (broad SMARTS) is 1. The predicted octanol–water partition coefficient (Wildman–Crippen LogP) is 2.79. The highest BCUT2D eigenvalue weighted by molar-refractivity contribution is 6.07. The molecule has 1 heterocycles. The molecule has 1 aliphatic rings. The van der Waals surface area contributed by atoms with Crippen LogP contribution in [-0.4, -0.2) is 27.1 Å². The van der Waals surface area contributed by atoms with Gasteiger partial charge in [0.1, 0.15) is 0 Å². The van der Waals surface area contributed by atoms with Gasteiger partial charge in [-0.25, -0.2) is 0 Å². The minimum atomic E-state index is -0.865. The van der Waals surface area contributed by atoms with Crippen LogP contribution < -0.4 is 5.32 Å². The molecule has 5 nitrogen and oxygen atoms in total. The lowest BCUT2D eigenvalue weighted by molar-refractivity contribution is -0.139. The summed E-state index contributed by atoms with van der Waals surface area (Å²) in [6, 6.07) is 7.79. The molecule has 2 N–H and O–H groups in total. The van der Waals surface area contributed by atoms with Gasteiger partial charge >= 0.3 is 5.97 Å². The molecule has 0 atom stereocenters. The maximum Gasteiger partial charge on any atom is 0.305 e. The molecule has 0 spiro atoms. The standard InChI is InChI=1S/C17H20N2O3/c1-2-19-11-13(12-6-3-4-7-14(12)19)16(22)18-17(8-5-9-17)10-15(20)21/h3-4,6-7,11H,2,5,8-10H2,1H3,(H,18,22)(H,20,21). The molecule has 1 aromatic carbocycles. The molecule has 3 rings (SSSR count). The number of carbonyl (C=O) groups is 2. The number of benzene rings is 1. The zero-order valence-corrected chi connectivity index (χ0v) is 12.6. The quantitative estimate of drug-likeness (QED) is 0.892. The van der Waals surface area contributed by atoms with E-state index in [0.29, 0.717) is 5.56 Å². The molecule has 2 aromatic rings. The van der Waals surface area contributed by atoms with Gasteiger partial charge in [-0.15, -0.1) is 0 Å². The number of hydrogen-bond donors (Lipinski definition) is 2. The lowest BCUT2D eigenvalue weighted by Gasteiger charge is -2.41. The molecule has 22 heavy (non-hydrogen) atoms. The van der Waals surface area contributed by atoms with Gasteiger partial charge in [0.05, 0.1) is 17.5 Å². The summed E-state index contributed by atoms with van der Waals surface area (Å²) in [5.41, 5.74) is 1.07. The number of amides is 1. The second kappa shape index (κ2) is 5.48. The molecule has 1 saturated carbocycles. The third-order valence-electron chi connectivity index (χ3n) is 4.55. The number of hydrogen-bond acceptors (Lipinski definition) is 2. The summed E-state index contributed by atoms with van der Waals surface area (Å²) in [5, 5.41) is 12.9. The van der Waals surface area contributed by atoms with Crippen LogP contribution >= 0.6 is 0 Å². The Hall–Kier alpha value is -2.30. The van der Waals surface area contributed by atoms with Crippen molar-refractivity contribution in [3.8, 4) is 0 Å². The summed E-state index contributed by atoms with van der Waals surface area (Å²) < 4.78 is 2.04. The van der Waals surface area contributed by atoms with E-state index in [1.54, 1.807) is 0 Å². The molecule has 0 aliphatic heterocycles. The predicted molar refractivity (Wildman–Crippen MR) is 83.9 cm³/mol. The van der Waals surface area contributed by atoms with Gasteiger partial charge < -0.3 is 15.0 Å². The Morgan fingerprint density at radius 2 is 2.05 bits per heavy atom. The number of aliphatic carboxylic acids is 1. The first-order chi connectivity index (χ1) is 10.5. The molecule has 0 radical (unpaired) electrons. The van der Waals surface area contributed by atoms with E-state index < -0.39 is 11.5 Å². The highest BCUT2D eigenvalue weighted by atomic mass is 16.4. The lowest BCUT2D eigenvalue weighted by Crippen LogP contribution is -2.54. The van der Waals surface area contributed by atoms with Crippen molar-refractivity contribution in [1.29, 1.82) is 0 Å². The third kappa shape index (κ3) is 2.47. The van der Waals surface area contributed by atoms with Crippen LogP contribution in [0, 0.1) is 0 Å². The zero-order chi connectivity index (χ0) is 15.7. The highest BCUT2D eigenvalue weighted by Gasteiger charge is 2.40. The van der Waals surface area contributed by atoms with Crippen molar-refractivity contribution < 1.29 is 14.7 Å². The molecule has 116 valence electrons. The van der Waals surface area contributed by atoms with E-state index >= 15 is 0 Å². The van der Waals surface area contributed by atoms with E-state index in [0.717, 1.165) is 36.7 Å². The Bertz CT molecular complexity index is 729. The molecule has 1 fully saturated rings. The molecule has 1 aromatic heterocycles. The largest absolute Gasteiger partial charge is 0.481 e. The number of para-hydroxylation sites is 1. The Morgan fingerprint density at radius 3 is 2.64 bits per heavy atom. The first-order valence-corrected chi connectivity index (χ1v) is 7.67. The molecule has 0 unspecified atom stereocenters. The fourth-order valence-electron chi connectivity index (χ4n) is 3.24. The number of rotatable bonds is 5. The number of carbonyl (C=O) groups excluding carboxylic acids is 1. The summed E-state index contributed by atoms with van der Waals surface area (Å²) in [7, 11) is 0. The molecule has 1 aliphatic carbocycles. The number of aromatic nitrogens is 1. The smallest absolute Gasteiger partial charge is 0.305 e. The van der Waals surface area contributed by atoms with Gasteiger partial charge in [0.25, 0.3) is 5.91 Å². The van der Waals surface area contributed by atoms with Gasteiger partial charge in [-0.2, -0.15) is 0 Å². The minimum Gasteiger partial charge on any atom is -0.481 e. The second-order valence-electron chi connectivity index (χ2n) is 6.00.